The molecule has 0 aliphatic rings. The van der Waals surface area contributed by atoms with Crippen LogP contribution in [0.2, 0.25) is 5.02 Å². The smallest absolute Gasteiger partial charge is 0.167 e. The summed E-state index contributed by atoms with van der Waals surface area (Å²) < 4.78 is 20.3. The van der Waals surface area contributed by atoms with E-state index < -0.39 is 5.82 Å². The molecular weight excluding hydrogens is 333 g/mol. The lowest BCUT2D eigenvalue weighted by Gasteiger charge is -2.15. The fourth-order valence-corrected chi connectivity index (χ4v) is 2.15. The average Bonchev–Trinajstić information content (AvgIpc) is 2.35. The van der Waals surface area contributed by atoms with Crippen molar-refractivity contribution in [3.63, 3.8) is 0 Å². The molecular formula is C14H12BrClFNO. The molecule has 2 N–H and O–H groups in total. The van der Waals surface area contributed by atoms with Crippen molar-refractivity contribution in [2.75, 3.05) is 0 Å². The van der Waals surface area contributed by atoms with E-state index in [1.807, 2.05) is 0 Å². The number of rotatable bonds is 3. The molecule has 2 rings (SSSR count). The minimum atomic E-state index is -0.467. The summed E-state index contributed by atoms with van der Waals surface area (Å²) in [5.74, 6) is 0.0198. The summed E-state index contributed by atoms with van der Waals surface area (Å²) in [6.45, 7) is 1.77. The Kier molecular flexibility index (Phi) is 4.45. The van der Waals surface area contributed by atoms with Crippen LogP contribution < -0.4 is 10.5 Å². The van der Waals surface area contributed by atoms with Gasteiger partial charge in [0.15, 0.2) is 11.6 Å². The largest absolute Gasteiger partial charge is 0.452 e. The summed E-state index contributed by atoms with van der Waals surface area (Å²) in [6.07, 6.45) is 0. The summed E-state index contributed by atoms with van der Waals surface area (Å²) in [7, 11) is 0. The monoisotopic (exact) mass is 343 g/mol. The first-order valence-corrected chi connectivity index (χ1v) is 6.83. The lowest BCUT2D eigenvalue weighted by Crippen LogP contribution is -2.07. The number of nitrogens with two attached hydrogens (primary N) is 1. The van der Waals surface area contributed by atoms with Crippen LogP contribution in [-0.2, 0) is 0 Å². The molecule has 2 nitrogen and oxygen atoms in total. The van der Waals surface area contributed by atoms with Gasteiger partial charge in [0.05, 0.1) is 5.02 Å². The topological polar surface area (TPSA) is 35.2 Å². The lowest BCUT2D eigenvalue weighted by molar-refractivity contribution is 0.432. The summed E-state index contributed by atoms with van der Waals surface area (Å²) in [6, 6.07) is 9.46. The second kappa shape index (κ2) is 5.90. The summed E-state index contributed by atoms with van der Waals surface area (Å²) in [5, 5.41) is 0.405. The van der Waals surface area contributed by atoms with Crippen LogP contribution in [0.4, 0.5) is 4.39 Å². The van der Waals surface area contributed by atoms with Crippen molar-refractivity contribution in [3.8, 4) is 11.5 Å². The normalized spacial score (nSPS) is 12.3. The Hall–Kier alpha value is -1.10. The predicted octanol–water partition coefficient (Wildman–Crippen LogP) is 5.05. The Balaban J connectivity index is 2.46. The van der Waals surface area contributed by atoms with E-state index in [2.05, 4.69) is 15.9 Å². The van der Waals surface area contributed by atoms with E-state index >= 15 is 0 Å². The SMILES string of the molecule is C[C@H](N)c1cccc(F)c1Oc1cc(Br)ccc1Cl. The second-order valence-electron chi connectivity index (χ2n) is 4.12. The predicted molar refractivity (Wildman–Crippen MR) is 78.2 cm³/mol. The molecule has 0 aliphatic heterocycles. The van der Waals surface area contributed by atoms with Gasteiger partial charge in [0, 0.05) is 16.1 Å². The van der Waals surface area contributed by atoms with Crippen LogP contribution in [0.15, 0.2) is 40.9 Å². The highest BCUT2D eigenvalue weighted by molar-refractivity contribution is 9.10. The third kappa shape index (κ3) is 3.26. The Bertz CT molecular complexity index is 604. The maximum Gasteiger partial charge on any atom is 0.167 e. The number of hydrogen-bond acceptors (Lipinski definition) is 2. The van der Waals surface area contributed by atoms with Crippen molar-refractivity contribution in [1.29, 1.82) is 0 Å². The van der Waals surface area contributed by atoms with E-state index in [-0.39, 0.29) is 11.8 Å². The first kappa shape index (κ1) is 14.3. The molecule has 2 aromatic carbocycles. The van der Waals surface area contributed by atoms with Crippen molar-refractivity contribution in [3.05, 3.63) is 57.3 Å². The zero-order chi connectivity index (χ0) is 14.0. The van der Waals surface area contributed by atoms with Gasteiger partial charge < -0.3 is 10.5 Å². The number of ether oxygens (including phenoxy) is 1. The summed E-state index contributed by atoms with van der Waals surface area (Å²) >= 11 is 9.35. The van der Waals surface area contributed by atoms with E-state index in [0.29, 0.717) is 16.3 Å². The van der Waals surface area contributed by atoms with E-state index in [0.717, 1.165) is 4.47 Å². The van der Waals surface area contributed by atoms with Crippen molar-refractivity contribution < 1.29 is 9.13 Å². The molecule has 0 heterocycles. The third-order valence-electron chi connectivity index (χ3n) is 2.59. The van der Waals surface area contributed by atoms with E-state index in [9.17, 15) is 4.39 Å². The van der Waals surface area contributed by atoms with Gasteiger partial charge in [0.1, 0.15) is 5.75 Å². The van der Waals surface area contributed by atoms with Gasteiger partial charge in [-0.25, -0.2) is 4.39 Å². The molecule has 0 aliphatic carbocycles. The van der Waals surface area contributed by atoms with Crippen LogP contribution >= 0.6 is 27.5 Å². The van der Waals surface area contributed by atoms with E-state index in [1.54, 1.807) is 37.3 Å². The Morgan fingerprint density at radius 1 is 1.32 bits per heavy atom. The molecule has 0 saturated carbocycles. The van der Waals surface area contributed by atoms with Gasteiger partial charge in [-0.1, -0.05) is 39.7 Å². The van der Waals surface area contributed by atoms with Crippen molar-refractivity contribution in [1.82, 2.24) is 0 Å². The number of benzene rings is 2. The highest BCUT2D eigenvalue weighted by Crippen LogP contribution is 2.36. The van der Waals surface area contributed by atoms with Gasteiger partial charge >= 0.3 is 0 Å². The highest BCUT2D eigenvalue weighted by Gasteiger charge is 2.15. The van der Waals surface area contributed by atoms with Crippen LogP contribution in [-0.4, -0.2) is 0 Å². The minimum Gasteiger partial charge on any atom is -0.452 e. The molecule has 1 atom stereocenters. The molecule has 0 unspecified atom stereocenters. The minimum absolute atomic E-state index is 0.109. The van der Waals surface area contributed by atoms with Crippen LogP contribution in [0.3, 0.4) is 0 Å². The van der Waals surface area contributed by atoms with Crippen molar-refractivity contribution >= 4 is 27.5 Å². The quantitative estimate of drug-likeness (QED) is 0.845. The Morgan fingerprint density at radius 2 is 2.05 bits per heavy atom. The number of para-hydroxylation sites is 1. The van der Waals surface area contributed by atoms with Crippen LogP contribution in [0.25, 0.3) is 0 Å². The van der Waals surface area contributed by atoms with E-state index in [4.69, 9.17) is 22.1 Å². The van der Waals surface area contributed by atoms with Crippen LogP contribution in [0.1, 0.15) is 18.5 Å². The highest BCUT2D eigenvalue weighted by atomic mass is 79.9. The standard InChI is InChI=1S/C14H12BrClFNO/c1-8(18)10-3-2-4-12(17)14(10)19-13-7-9(15)5-6-11(13)16/h2-8H,18H2,1H3/t8-/m0/s1. The lowest BCUT2D eigenvalue weighted by atomic mass is 10.1. The second-order valence-corrected chi connectivity index (χ2v) is 5.45. The Morgan fingerprint density at radius 3 is 2.74 bits per heavy atom. The molecule has 0 spiro atoms. The first-order valence-electron chi connectivity index (χ1n) is 5.66. The molecule has 0 bridgehead atoms. The van der Waals surface area contributed by atoms with Gasteiger partial charge in [-0.2, -0.15) is 0 Å². The molecule has 0 fully saturated rings. The molecule has 2 aromatic rings. The number of hydrogen-bond donors (Lipinski definition) is 1. The maximum atomic E-state index is 13.9. The summed E-state index contributed by atoms with van der Waals surface area (Å²) in [5.41, 5.74) is 6.41. The summed E-state index contributed by atoms with van der Waals surface area (Å²) in [4.78, 5) is 0. The Labute approximate surface area is 124 Å². The zero-order valence-electron chi connectivity index (χ0n) is 10.2. The molecule has 0 amide bonds. The molecule has 0 aromatic heterocycles. The molecule has 0 radical (unpaired) electrons. The van der Waals surface area contributed by atoms with Gasteiger partial charge in [0.25, 0.3) is 0 Å². The maximum absolute atomic E-state index is 13.9. The fourth-order valence-electron chi connectivity index (χ4n) is 1.66. The average molecular weight is 345 g/mol. The van der Waals surface area contributed by atoms with Gasteiger partial charge in [-0.3, -0.25) is 0 Å². The van der Waals surface area contributed by atoms with E-state index in [1.165, 1.54) is 6.07 Å². The molecule has 0 saturated heterocycles. The molecule has 100 valence electrons. The third-order valence-corrected chi connectivity index (χ3v) is 3.40. The first-order chi connectivity index (χ1) is 8.99. The fraction of sp³-hybridized carbons (Fsp3) is 0.143. The van der Waals surface area contributed by atoms with Crippen molar-refractivity contribution in [2.24, 2.45) is 5.73 Å². The van der Waals surface area contributed by atoms with Crippen molar-refractivity contribution in [2.45, 2.75) is 13.0 Å². The molecule has 5 heteroatoms. The number of halogens is 3. The van der Waals surface area contributed by atoms with Gasteiger partial charge in [-0.05, 0) is 31.2 Å². The molecule has 19 heavy (non-hydrogen) atoms. The zero-order valence-corrected chi connectivity index (χ0v) is 12.5. The van der Waals surface area contributed by atoms with Gasteiger partial charge in [0.2, 0.25) is 0 Å². The van der Waals surface area contributed by atoms with Crippen LogP contribution in [0, 0.1) is 5.82 Å². The van der Waals surface area contributed by atoms with Gasteiger partial charge in [-0.15, -0.1) is 0 Å². The van der Waals surface area contributed by atoms with Crippen LogP contribution in [0.5, 0.6) is 11.5 Å².